The number of hydrogen-bond donors (Lipinski definition) is 0. The molecule has 0 aliphatic heterocycles. The Labute approximate surface area is 163 Å². The Morgan fingerprint density at radius 2 is 1.27 bits per heavy atom. The lowest BCUT2D eigenvalue weighted by atomic mass is 9.93. The van der Waals surface area contributed by atoms with Crippen LogP contribution in [0, 0.1) is 11.8 Å². The summed E-state index contributed by atoms with van der Waals surface area (Å²) >= 11 is 0. The zero-order valence-corrected chi connectivity index (χ0v) is 17.6. The topological polar surface area (TPSA) is 0 Å². The van der Waals surface area contributed by atoms with Crippen LogP contribution in [0.5, 0.6) is 0 Å². The summed E-state index contributed by atoms with van der Waals surface area (Å²) in [5.41, 5.74) is 2.97. The molecule has 0 amide bonds. The molecule has 26 heavy (non-hydrogen) atoms. The van der Waals surface area contributed by atoms with Crippen LogP contribution in [0.4, 0.5) is 0 Å². The SMILES string of the molecule is CC(C)CCCCc1ccccc1.CCCC(CC)Cc1ccccc1. The fourth-order valence-corrected chi connectivity index (χ4v) is 3.33. The van der Waals surface area contributed by atoms with Crippen LogP contribution < -0.4 is 0 Å². The number of unbranched alkanes of at least 4 members (excludes halogenated alkanes) is 1. The van der Waals surface area contributed by atoms with Crippen LogP contribution in [-0.2, 0) is 12.8 Å². The van der Waals surface area contributed by atoms with Crippen LogP contribution >= 0.6 is 0 Å². The highest BCUT2D eigenvalue weighted by atomic mass is 14.1. The van der Waals surface area contributed by atoms with Crippen molar-refractivity contribution >= 4 is 0 Å². The van der Waals surface area contributed by atoms with Gasteiger partial charge in [-0.1, -0.05) is 120 Å². The third-order valence-electron chi connectivity index (χ3n) is 4.98. The zero-order valence-electron chi connectivity index (χ0n) is 17.6. The van der Waals surface area contributed by atoms with Crippen molar-refractivity contribution in [3.05, 3.63) is 71.8 Å². The van der Waals surface area contributed by atoms with E-state index in [0.29, 0.717) is 0 Å². The molecule has 1 atom stereocenters. The molecule has 0 saturated heterocycles. The molecule has 2 rings (SSSR count). The molecule has 0 aliphatic carbocycles. The molecule has 0 radical (unpaired) electrons. The van der Waals surface area contributed by atoms with E-state index in [4.69, 9.17) is 0 Å². The van der Waals surface area contributed by atoms with Gasteiger partial charge in [0.2, 0.25) is 0 Å². The summed E-state index contributed by atoms with van der Waals surface area (Å²) in [6.45, 7) is 9.15. The predicted octanol–water partition coefficient (Wildman–Crippen LogP) is 8.11. The smallest absolute Gasteiger partial charge is 0.0250 e. The second-order valence-corrected chi connectivity index (χ2v) is 7.88. The molecular weight excluding hydrogens is 312 g/mol. The molecule has 0 saturated carbocycles. The molecule has 0 aromatic heterocycles. The fourth-order valence-electron chi connectivity index (χ4n) is 3.33. The van der Waals surface area contributed by atoms with E-state index in [1.54, 1.807) is 0 Å². The van der Waals surface area contributed by atoms with Crippen molar-refractivity contribution in [2.24, 2.45) is 11.8 Å². The first-order valence-electron chi connectivity index (χ1n) is 10.7. The van der Waals surface area contributed by atoms with Crippen LogP contribution in [-0.4, -0.2) is 0 Å². The van der Waals surface area contributed by atoms with Gasteiger partial charge < -0.3 is 0 Å². The molecule has 0 bridgehead atoms. The summed E-state index contributed by atoms with van der Waals surface area (Å²) in [5, 5.41) is 0. The highest BCUT2D eigenvalue weighted by Gasteiger charge is 2.05. The second-order valence-electron chi connectivity index (χ2n) is 7.88. The lowest BCUT2D eigenvalue weighted by Gasteiger charge is -2.13. The van der Waals surface area contributed by atoms with Gasteiger partial charge in [-0.15, -0.1) is 0 Å². The lowest BCUT2D eigenvalue weighted by Crippen LogP contribution is -2.02. The van der Waals surface area contributed by atoms with Gasteiger partial charge in [0.15, 0.2) is 0 Å². The number of hydrogen-bond acceptors (Lipinski definition) is 0. The van der Waals surface area contributed by atoms with Gasteiger partial charge >= 0.3 is 0 Å². The van der Waals surface area contributed by atoms with Crippen molar-refractivity contribution in [3.63, 3.8) is 0 Å². The van der Waals surface area contributed by atoms with Gasteiger partial charge in [-0.25, -0.2) is 0 Å². The third-order valence-corrected chi connectivity index (χ3v) is 4.98. The lowest BCUT2D eigenvalue weighted by molar-refractivity contribution is 0.462. The van der Waals surface area contributed by atoms with Gasteiger partial charge in [-0.2, -0.15) is 0 Å². The van der Waals surface area contributed by atoms with Crippen molar-refractivity contribution in [1.82, 2.24) is 0 Å². The summed E-state index contributed by atoms with van der Waals surface area (Å²) < 4.78 is 0. The number of benzene rings is 2. The minimum Gasteiger partial charge on any atom is -0.0654 e. The maximum absolute atomic E-state index is 2.29. The minimum absolute atomic E-state index is 0.857. The van der Waals surface area contributed by atoms with E-state index < -0.39 is 0 Å². The molecule has 144 valence electrons. The first-order valence-corrected chi connectivity index (χ1v) is 10.7. The first kappa shape index (κ1) is 22.5. The summed E-state index contributed by atoms with van der Waals surface area (Å²) in [5.74, 6) is 1.74. The average Bonchev–Trinajstić information content (AvgIpc) is 2.67. The van der Waals surface area contributed by atoms with E-state index in [1.165, 1.54) is 62.5 Å². The Morgan fingerprint density at radius 3 is 1.77 bits per heavy atom. The molecule has 0 N–H and O–H groups in total. The molecule has 0 aliphatic rings. The standard InChI is InChI=1S/2C13H20/c1-12(2)8-6-7-11-13-9-4-3-5-10-13;1-3-8-12(4-2)11-13-9-6-5-7-10-13/h3-5,9-10,12H,6-8,11H2,1-2H3;5-7,9-10,12H,3-4,8,11H2,1-2H3. The summed E-state index contributed by atoms with van der Waals surface area (Å²) in [6.07, 6.45) is 10.6. The van der Waals surface area contributed by atoms with E-state index in [1.807, 2.05) is 0 Å². The van der Waals surface area contributed by atoms with E-state index in [0.717, 1.165) is 11.8 Å². The van der Waals surface area contributed by atoms with E-state index in [-0.39, 0.29) is 0 Å². The Kier molecular flexibility index (Phi) is 12.6. The molecule has 2 aromatic rings. The van der Waals surface area contributed by atoms with Gasteiger partial charge in [-0.05, 0) is 42.2 Å². The minimum atomic E-state index is 0.857. The molecule has 0 heteroatoms. The first-order chi connectivity index (χ1) is 12.7. The Morgan fingerprint density at radius 1 is 0.692 bits per heavy atom. The van der Waals surface area contributed by atoms with Gasteiger partial charge in [-0.3, -0.25) is 0 Å². The molecular formula is C26H40. The molecule has 0 fully saturated rings. The van der Waals surface area contributed by atoms with Crippen molar-refractivity contribution in [2.75, 3.05) is 0 Å². The predicted molar refractivity (Wildman–Crippen MR) is 118 cm³/mol. The normalized spacial score (nSPS) is 11.7. The molecule has 2 aromatic carbocycles. The zero-order chi connectivity index (χ0) is 19.0. The van der Waals surface area contributed by atoms with Crippen molar-refractivity contribution in [1.29, 1.82) is 0 Å². The van der Waals surface area contributed by atoms with Crippen LogP contribution in [0.25, 0.3) is 0 Å². The van der Waals surface area contributed by atoms with Gasteiger partial charge in [0.05, 0.1) is 0 Å². The molecule has 0 nitrogen and oxygen atoms in total. The van der Waals surface area contributed by atoms with Crippen LogP contribution in [0.15, 0.2) is 60.7 Å². The van der Waals surface area contributed by atoms with Gasteiger partial charge in [0.1, 0.15) is 0 Å². The molecule has 1 unspecified atom stereocenters. The van der Waals surface area contributed by atoms with Crippen molar-refractivity contribution < 1.29 is 0 Å². The summed E-state index contributed by atoms with van der Waals surface area (Å²) in [4.78, 5) is 0. The monoisotopic (exact) mass is 352 g/mol. The third kappa shape index (κ3) is 11.1. The Hall–Kier alpha value is -1.56. The maximum Gasteiger partial charge on any atom is -0.0250 e. The molecule has 0 spiro atoms. The van der Waals surface area contributed by atoms with Gasteiger partial charge in [0.25, 0.3) is 0 Å². The van der Waals surface area contributed by atoms with Crippen LogP contribution in [0.2, 0.25) is 0 Å². The highest BCUT2D eigenvalue weighted by Crippen LogP contribution is 2.16. The van der Waals surface area contributed by atoms with E-state index in [2.05, 4.69) is 88.4 Å². The summed E-state index contributed by atoms with van der Waals surface area (Å²) in [6, 6.07) is 21.6. The summed E-state index contributed by atoms with van der Waals surface area (Å²) in [7, 11) is 0. The van der Waals surface area contributed by atoms with Crippen LogP contribution in [0.1, 0.15) is 77.3 Å². The molecule has 0 heterocycles. The second kappa shape index (κ2) is 14.6. The average molecular weight is 353 g/mol. The highest BCUT2D eigenvalue weighted by molar-refractivity contribution is 5.15. The van der Waals surface area contributed by atoms with Crippen molar-refractivity contribution in [3.8, 4) is 0 Å². The van der Waals surface area contributed by atoms with E-state index >= 15 is 0 Å². The van der Waals surface area contributed by atoms with Gasteiger partial charge in [0, 0.05) is 0 Å². The maximum atomic E-state index is 2.29. The largest absolute Gasteiger partial charge is 0.0654 e. The number of rotatable bonds is 10. The van der Waals surface area contributed by atoms with Crippen LogP contribution in [0.3, 0.4) is 0 Å². The Balaban J connectivity index is 0.000000260. The fraction of sp³-hybridized carbons (Fsp3) is 0.538. The quantitative estimate of drug-likeness (QED) is 0.379. The van der Waals surface area contributed by atoms with E-state index in [9.17, 15) is 0 Å². The number of aryl methyl sites for hydroxylation is 1. The van der Waals surface area contributed by atoms with Crippen molar-refractivity contribution in [2.45, 2.75) is 79.1 Å². The Bertz CT molecular complexity index is 526.